The minimum Gasteiger partial charge on any atom is -0.474 e. The Morgan fingerprint density at radius 2 is 1.87 bits per heavy atom. The highest BCUT2D eigenvalue weighted by atomic mass is 35.5. The van der Waals surface area contributed by atoms with Crippen molar-refractivity contribution in [2.24, 2.45) is 0 Å². The number of aromatic nitrogens is 2. The van der Waals surface area contributed by atoms with Crippen LogP contribution in [-0.2, 0) is 29.0 Å². The van der Waals surface area contributed by atoms with Gasteiger partial charge < -0.3 is 14.6 Å². The molecule has 0 radical (unpaired) electrons. The van der Waals surface area contributed by atoms with Gasteiger partial charge in [0.15, 0.2) is 0 Å². The molecule has 1 aromatic heterocycles. The summed E-state index contributed by atoms with van der Waals surface area (Å²) in [6, 6.07) is 16.7. The number of esters is 1. The summed E-state index contributed by atoms with van der Waals surface area (Å²) < 4.78 is 12.3. The van der Waals surface area contributed by atoms with E-state index in [4.69, 9.17) is 21.3 Å². The molecule has 0 saturated carbocycles. The third kappa shape index (κ3) is 5.66. The second kappa shape index (κ2) is 11.0. The molecule has 0 fully saturated rings. The molecule has 0 saturated heterocycles. The molecule has 0 aliphatic heterocycles. The lowest BCUT2D eigenvalue weighted by Crippen LogP contribution is -2.20. The Morgan fingerprint density at radius 3 is 2.48 bits per heavy atom. The molecule has 7 heteroatoms. The van der Waals surface area contributed by atoms with Gasteiger partial charge in [-0.15, -0.1) is 0 Å². The SMILES string of the molecule is CCCCc1nc(Cc2ccc(OC(C(=O)OC)c3ccccc3)cc2)c(CO)n1Cl. The Morgan fingerprint density at radius 1 is 1.16 bits per heavy atom. The standard InChI is InChI=1S/C24H27ClN2O4/c1-3-4-10-22-26-20(21(16-28)27(22)25)15-17-11-13-19(14-12-17)31-23(24(29)30-2)18-8-6-5-7-9-18/h5-9,11-14,23,28H,3-4,10,15-16H2,1-2H3. The van der Waals surface area contributed by atoms with Crippen LogP contribution in [0.25, 0.3) is 0 Å². The third-order valence-electron chi connectivity index (χ3n) is 5.03. The molecular formula is C24H27ClN2O4. The Kier molecular flexibility index (Phi) is 8.09. The van der Waals surface area contributed by atoms with Gasteiger partial charge in [-0.2, -0.15) is 0 Å². The number of imidazole rings is 1. The van der Waals surface area contributed by atoms with Gasteiger partial charge in [-0.3, -0.25) is 0 Å². The van der Waals surface area contributed by atoms with Crippen LogP contribution in [0.2, 0.25) is 0 Å². The van der Waals surface area contributed by atoms with Gasteiger partial charge in [0.2, 0.25) is 6.10 Å². The topological polar surface area (TPSA) is 73.6 Å². The molecule has 164 valence electrons. The molecule has 3 rings (SSSR count). The number of nitrogens with zero attached hydrogens (tertiary/aromatic N) is 2. The molecule has 0 bridgehead atoms. The molecule has 0 spiro atoms. The average Bonchev–Trinajstić information content (AvgIpc) is 3.10. The minimum atomic E-state index is -0.842. The number of carbonyl (C=O) groups excluding carboxylic acids is 1. The molecule has 1 N–H and O–H groups in total. The monoisotopic (exact) mass is 442 g/mol. The van der Waals surface area contributed by atoms with Crippen molar-refractivity contribution in [3.63, 3.8) is 0 Å². The molecule has 1 heterocycles. The highest BCUT2D eigenvalue weighted by Crippen LogP contribution is 2.25. The van der Waals surface area contributed by atoms with Gasteiger partial charge in [0.25, 0.3) is 0 Å². The summed E-state index contributed by atoms with van der Waals surface area (Å²) in [5.74, 6) is 0.860. The van der Waals surface area contributed by atoms with Crippen molar-refractivity contribution in [1.29, 1.82) is 0 Å². The number of benzene rings is 2. The number of aryl methyl sites for hydroxylation is 1. The van der Waals surface area contributed by atoms with Crippen LogP contribution in [0.1, 0.15) is 54.2 Å². The zero-order valence-corrected chi connectivity index (χ0v) is 18.5. The van der Waals surface area contributed by atoms with E-state index in [-0.39, 0.29) is 6.61 Å². The van der Waals surface area contributed by atoms with Crippen molar-refractivity contribution in [3.8, 4) is 5.75 Å². The van der Waals surface area contributed by atoms with Crippen LogP contribution < -0.4 is 4.74 Å². The summed E-state index contributed by atoms with van der Waals surface area (Å²) in [6.45, 7) is 1.94. The molecule has 0 aliphatic rings. The number of rotatable bonds is 10. The van der Waals surface area contributed by atoms with E-state index in [0.717, 1.165) is 41.9 Å². The van der Waals surface area contributed by atoms with Crippen molar-refractivity contribution in [1.82, 2.24) is 9.07 Å². The zero-order valence-electron chi connectivity index (χ0n) is 17.8. The van der Waals surface area contributed by atoms with Crippen molar-refractivity contribution < 1.29 is 19.4 Å². The number of carbonyl (C=O) groups is 1. The average molecular weight is 443 g/mol. The number of ether oxygens (including phenoxy) is 2. The van der Waals surface area contributed by atoms with E-state index in [1.807, 2.05) is 54.6 Å². The van der Waals surface area contributed by atoms with Crippen molar-refractivity contribution >= 4 is 17.7 Å². The summed E-state index contributed by atoms with van der Waals surface area (Å²) >= 11 is 6.35. The lowest BCUT2D eigenvalue weighted by molar-refractivity contribution is -0.149. The van der Waals surface area contributed by atoms with E-state index in [1.54, 1.807) is 0 Å². The lowest BCUT2D eigenvalue weighted by atomic mass is 10.1. The van der Waals surface area contributed by atoms with E-state index in [2.05, 4.69) is 11.9 Å². The van der Waals surface area contributed by atoms with E-state index in [0.29, 0.717) is 17.9 Å². The van der Waals surface area contributed by atoms with Gasteiger partial charge in [-0.05, 0) is 24.1 Å². The highest BCUT2D eigenvalue weighted by Gasteiger charge is 2.23. The summed E-state index contributed by atoms with van der Waals surface area (Å²) in [7, 11) is 1.34. The van der Waals surface area contributed by atoms with Gasteiger partial charge in [0.1, 0.15) is 11.6 Å². The Hall–Kier alpha value is -2.83. The maximum absolute atomic E-state index is 12.2. The van der Waals surface area contributed by atoms with Crippen molar-refractivity contribution in [3.05, 3.63) is 82.9 Å². The van der Waals surface area contributed by atoms with E-state index in [9.17, 15) is 9.90 Å². The van der Waals surface area contributed by atoms with E-state index < -0.39 is 12.1 Å². The molecule has 3 aromatic rings. The molecule has 31 heavy (non-hydrogen) atoms. The molecular weight excluding hydrogens is 416 g/mol. The molecule has 0 aliphatic carbocycles. The summed E-state index contributed by atoms with van der Waals surface area (Å²) in [6.07, 6.45) is 2.50. The Bertz CT molecular complexity index is 987. The van der Waals surface area contributed by atoms with Crippen LogP contribution in [0, 0.1) is 0 Å². The first-order chi connectivity index (χ1) is 15.1. The number of aliphatic hydroxyl groups excluding tert-OH is 1. The van der Waals surface area contributed by atoms with Gasteiger partial charge in [0.05, 0.1) is 25.1 Å². The van der Waals surface area contributed by atoms with Crippen molar-refractivity contribution in [2.45, 2.75) is 45.3 Å². The van der Waals surface area contributed by atoms with Crippen LogP contribution in [-0.4, -0.2) is 27.3 Å². The lowest BCUT2D eigenvalue weighted by Gasteiger charge is -2.17. The first-order valence-electron chi connectivity index (χ1n) is 10.3. The summed E-state index contributed by atoms with van der Waals surface area (Å²) in [5, 5.41) is 9.73. The predicted octanol–water partition coefficient (Wildman–Crippen LogP) is 4.60. The smallest absolute Gasteiger partial charge is 0.351 e. The van der Waals surface area contributed by atoms with Crippen LogP contribution >= 0.6 is 11.8 Å². The van der Waals surface area contributed by atoms with E-state index >= 15 is 0 Å². The van der Waals surface area contributed by atoms with Gasteiger partial charge in [0, 0.05) is 30.2 Å². The Balaban J connectivity index is 1.75. The molecule has 2 aromatic carbocycles. The van der Waals surface area contributed by atoms with E-state index in [1.165, 1.54) is 11.2 Å². The fourth-order valence-electron chi connectivity index (χ4n) is 3.32. The number of aliphatic hydroxyl groups is 1. The first kappa shape index (κ1) is 22.8. The fourth-order valence-corrected chi connectivity index (χ4v) is 3.59. The number of halogens is 1. The van der Waals surface area contributed by atoms with Crippen molar-refractivity contribution in [2.75, 3.05) is 7.11 Å². The summed E-state index contributed by atoms with van der Waals surface area (Å²) in [4.78, 5) is 16.8. The number of hydrogen-bond donors (Lipinski definition) is 1. The number of methoxy groups -OCH3 is 1. The van der Waals surface area contributed by atoms with Gasteiger partial charge >= 0.3 is 5.97 Å². The molecule has 0 amide bonds. The fraction of sp³-hybridized carbons (Fsp3) is 0.333. The molecule has 1 unspecified atom stereocenters. The quantitative estimate of drug-likeness (QED) is 0.464. The third-order valence-corrected chi connectivity index (χ3v) is 5.43. The first-order valence-corrected chi connectivity index (χ1v) is 10.7. The Labute approximate surface area is 187 Å². The largest absolute Gasteiger partial charge is 0.474 e. The summed E-state index contributed by atoms with van der Waals surface area (Å²) in [5.41, 5.74) is 3.09. The second-order valence-corrected chi connectivity index (χ2v) is 7.55. The van der Waals surface area contributed by atoms with Crippen LogP contribution in [0.15, 0.2) is 54.6 Å². The molecule has 1 atom stereocenters. The predicted molar refractivity (Wildman–Crippen MR) is 119 cm³/mol. The zero-order chi connectivity index (χ0) is 22.2. The normalized spacial score (nSPS) is 11.9. The highest BCUT2D eigenvalue weighted by molar-refractivity contribution is 6.16. The van der Waals surface area contributed by atoms with Crippen LogP contribution in [0.3, 0.4) is 0 Å². The maximum Gasteiger partial charge on any atom is 0.351 e. The van der Waals surface area contributed by atoms with Crippen LogP contribution in [0.5, 0.6) is 5.75 Å². The second-order valence-electron chi connectivity index (χ2n) is 7.22. The number of unbranched alkanes of at least 4 members (excludes halogenated alkanes) is 1. The van der Waals surface area contributed by atoms with Gasteiger partial charge in [-0.1, -0.05) is 55.8 Å². The minimum absolute atomic E-state index is 0.170. The van der Waals surface area contributed by atoms with Crippen LogP contribution in [0.4, 0.5) is 0 Å². The number of hydrogen-bond acceptors (Lipinski definition) is 5. The molecule has 6 nitrogen and oxygen atoms in total. The maximum atomic E-state index is 12.2. The van der Waals surface area contributed by atoms with Gasteiger partial charge in [-0.25, -0.2) is 13.9 Å².